The van der Waals surface area contributed by atoms with E-state index in [1.807, 2.05) is 13.8 Å². The van der Waals surface area contributed by atoms with Crippen molar-refractivity contribution >= 4 is 15.6 Å². The predicted octanol–water partition coefficient (Wildman–Crippen LogP) is 0.584. The second-order valence-electron chi connectivity index (χ2n) is 3.09. The van der Waals surface area contributed by atoms with Crippen molar-refractivity contribution in [2.75, 3.05) is 0 Å². The molecule has 0 fully saturated rings. The highest BCUT2D eigenvalue weighted by Crippen LogP contribution is 2.53. The van der Waals surface area contributed by atoms with Crippen LogP contribution in [0.25, 0.3) is 0 Å². The van der Waals surface area contributed by atoms with Crippen molar-refractivity contribution in [3.8, 4) is 0 Å². The molecule has 0 unspecified atom stereocenters. The molecule has 0 saturated carbocycles. The lowest BCUT2D eigenvalue weighted by Gasteiger charge is -2.08. The van der Waals surface area contributed by atoms with Crippen LogP contribution in [0.3, 0.4) is 0 Å². The van der Waals surface area contributed by atoms with Gasteiger partial charge in [0.2, 0.25) is 0 Å². The first-order valence-corrected chi connectivity index (χ1v) is 6.58. The van der Waals surface area contributed by atoms with Gasteiger partial charge >= 0.3 is 15.6 Å². The van der Waals surface area contributed by atoms with Gasteiger partial charge in [0.15, 0.2) is 0 Å². The summed E-state index contributed by atoms with van der Waals surface area (Å²) in [7, 11) is -10.1. The van der Waals surface area contributed by atoms with E-state index in [4.69, 9.17) is 25.3 Å². The maximum atomic E-state index is 9.63. The Hall–Kier alpha value is -0.160. The minimum Gasteiger partial charge on any atom is -0.344 e. The SMILES string of the molecule is C=CC(C)(C)N.N.N.N.O=P(O)(O)OP(=O)(O)O. The maximum Gasteiger partial charge on any atom is 0.478 e. The van der Waals surface area contributed by atoms with Crippen LogP contribution in [0.4, 0.5) is 0 Å². The number of phosphoric acid groups is 2. The van der Waals surface area contributed by atoms with Gasteiger partial charge < -0.3 is 43.8 Å². The van der Waals surface area contributed by atoms with E-state index in [1.54, 1.807) is 6.08 Å². The summed E-state index contributed by atoms with van der Waals surface area (Å²) in [5.41, 5.74) is 5.22. The molecule has 0 atom stereocenters. The van der Waals surface area contributed by atoms with Crippen molar-refractivity contribution in [3.63, 3.8) is 0 Å². The molecule has 0 aliphatic carbocycles. The van der Waals surface area contributed by atoms with Gasteiger partial charge in [-0.1, -0.05) is 6.08 Å². The maximum absolute atomic E-state index is 9.63. The van der Waals surface area contributed by atoms with Crippen molar-refractivity contribution in [1.82, 2.24) is 18.5 Å². The van der Waals surface area contributed by atoms with Crippen LogP contribution in [0.1, 0.15) is 13.8 Å². The quantitative estimate of drug-likeness (QED) is 0.264. The summed E-state index contributed by atoms with van der Waals surface area (Å²) >= 11 is 0. The summed E-state index contributed by atoms with van der Waals surface area (Å²) in [5, 5.41) is 0. The number of rotatable bonds is 3. The minimum atomic E-state index is -5.05. The van der Waals surface area contributed by atoms with Gasteiger partial charge in [-0.15, -0.1) is 6.58 Å². The van der Waals surface area contributed by atoms with E-state index in [9.17, 15) is 9.13 Å². The van der Waals surface area contributed by atoms with Gasteiger partial charge in [-0.2, -0.15) is 4.31 Å². The highest BCUT2D eigenvalue weighted by atomic mass is 31.3. The van der Waals surface area contributed by atoms with Crippen LogP contribution in [0.15, 0.2) is 12.7 Å². The van der Waals surface area contributed by atoms with E-state index in [2.05, 4.69) is 10.9 Å². The van der Waals surface area contributed by atoms with Crippen molar-refractivity contribution in [2.45, 2.75) is 19.4 Å². The number of hydrogen-bond acceptors (Lipinski definition) is 7. The molecule has 11 nitrogen and oxygen atoms in total. The monoisotopic (exact) mass is 314 g/mol. The molecule has 0 heterocycles. The molecular weight excluding hydrogens is 290 g/mol. The lowest BCUT2D eigenvalue weighted by Crippen LogP contribution is -2.27. The molecule has 0 spiro atoms. The lowest BCUT2D eigenvalue weighted by atomic mass is 10.1. The van der Waals surface area contributed by atoms with E-state index >= 15 is 0 Å². The first-order chi connectivity index (χ1) is 6.27. The van der Waals surface area contributed by atoms with Gasteiger partial charge in [0, 0.05) is 5.54 Å². The van der Waals surface area contributed by atoms with Crippen LogP contribution in [-0.4, -0.2) is 25.1 Å². The molecule has 0 amide bonds. The molecule has 116 valence electrons. The Bertz CT molecular complexity index is 273. The molecule has 0 rings (SSSR count). The molecule has 13 heteroatoms. The Morgan fingerprint density at radius 3 is 1.22 bits per heavy atom. The third kappa shape index (κ3) is 44.6. The molecule has 0 aromatic rings. The summed E-state index contributed by atoms with van der Waals surface area (Å²) in [5.74, 6) is 0. The van der Waals surface area contributed by atoms with Gasteiger partial charge in [0.25, 0.3) is 0 Å². The van der Waals surface area contributed by atoms with Gasteiger partial charge in [-0.05, 0) is 13.8 Å². The van der Waals surface area contributed by atoms with Crippen LogP contribution >= 0.6 is 15.6 Å². The smallest absolute Gasteiger partial charge is 0.344 e. The van der Waals surface area contributed by atoms with Crippen molar-refractivity contribution in [2.24, 2.45) is 5.73 Å². The third-order valence-corrected chi connectivity index (χ3v) is 2.44. The van der Waals surface area contributed by atoms with Crippen LogP contribution in [0.2, 0.25) is 0 Å². The summed E-state index contributed by atoms with van der Waals surface area (Å²) in [6, 6.07) is 0. The Morgan fingerprint density at radius 2 is 1.22 bits per heavy atom. The van der Waals surface area contributed by atoms with E-state index in [0.717, 1.165) is 0 Å². The van der Waals surface area contributed by atoms with Crippen LogP contribution in [0.5, 0.6) is 0 Å². The van der Waals surface area contributed by atoms with Crippen molar-refractivity contribution < 1.29 is 33.0 Å². The van der Waals surface area contributed by atoms with Crippen LogP contribution in [-0.2, 0) is 13.4 Å². The standard InChI is InChI=1S/C5H11N.3H3N.H4O7P2/c1-4-5(2,3)6;;;;1-8(2,3)7-9(4,5)6/h4H,1,6H2,2-3H3;3*1H3;(H2,1,2,3)(H2,4,5,6). The number of nitrogens with two attached hydrogens (primary N) is 1. The van der Waals surface area contributed by atoms with Crippen molar-refractivity contribution in [1.29, 1.82) is 0 Å². The normalized spacial score (nSPS) is 10.6. The zero-order chi connectivity index (χ0) is 12.9. The second kappa shape index (κ2) is 10.7. The van der Waals surface area contributed by atoms with Gasteiger partial charge in [-0.25, -0.2) is 9.13 Å². The summed E-state index contributed by atoms with van der Waals surface area (Å²) in [6.07, 6.45) is 1.72. The molecule has 0 radical (unpaired) electrons. The highest BCUT2D eigenvalue weighted by Gasteiger charge is 2.27. The lowest BCUT2D eigenvalue weighted by molar-refractivity contribution is 0.225. The van der Waals surface area contributed by atoms with E-state index in [1.165, 1.54) is 0 Å². The Labute approximate surface area is 106 Å². The molecule has 0 bridgehead atoms. The second-order valence-corrected chi connectivity index (χ2v) is 5.70. The summed E-state index contributed by atoms with van der Waals surface area (Å²) in [4.78, 5) is 31.0. The average molecular weight is 314 g/mol. The zero-order valence-corrected chi connectivity index (χ0v) is 12.2. The summed E-state index contributed by atoms with van der Waals surface area (Å²) < 4.78 is 22.2. The highest BCUT2D eigenvalue weighted by molar-refractivity contribution is 7.60. The Balaban J connectivity index is -0.0000000566. The topological polar surface area (TPSA) is 255 Å². The molecule has 0 aromatic carbocycles. The van der Waals surface area contributed by atoms with Crippen LogP contribution in [0, 0.1) is 0 Å². The molecule has 0 saturated heterocycles. The molecule has 0 aromatic heterocycles. The predicted molar refractivity (Wildman–Crippen MR) is 68.7 cm³/mol. The molecule has 0 aliphatic rings. The third-order valence-electron chi connectivity index (χ3n) is 0.739. The molecular formula is C5H24N4O7P2. The van der Waals surface area contributed by atoms with E-state index in [-0.39, 0.29) is 24.0 Å². The van der Waals surface area contributed by atoms with Gasteiger partial charge in [-0.3, -0.25) is 0 Å². The van der Waals surface area contributed by atoms with Gasteiger partial charge in [0.05, 0.1) is 0 Å². The fourth-order valence-corrected chi connectivity index (χ4v) is 1.25. The molecule has 0 aliphatic heterocycles. The van der Waals surface area contributed by atoms with E-state index < -0.39 is 15.6 Å². The summed E-state index contributed by atoms with van der Waals surface area (Å²) in [6.45, 7) is 7.31. The molecule has 18 heavy (non-hydrogen) atoms. The molecule has 15 N–H and O–H groups in total. The minimum absolute atomic E-state index is 0. The first-order valence-electron chi connectivity index (χ1n) is 3.52. The van der Waals surface area contributed by atoms with Crippen LogP contribution < -0.4 is 24.2 Å². The Kier molecular flexibility index (Phi) is 18.3. The Morgan fingerprint density at radius 1 is 1.06 bits per heavy atom. The van der Waals surface area contributed by atoms with Crippen molar-refractivity contribution in [3.05, 3.63) is 12.7 Å². The fourth-order valence-electron chi connectivity index (χ4n) is 0.139. The first kappa shape index (κ1) is 30.7. The number of hydrogen-bond donors (Lipinski definition) is 8. The average Bonchev–Trinajstić information content (AvgIpc) is 1.78. The zero-order valence-electron chi connectivity index (χ0n) is 10.4. The fraction of sp³-hybridized carbons (Fsp3) is 0.600. The van der Waals surface area contributed by atoms with Gasteiger partial charge in [0.1, 0.15) is 0 Å². The van der Waals surface area contributed by atoms with E-state index in [0.29, 0.717) is 0 Å². The largest absolute Gasteiger partial charge is 0.478 e.